The summed E-state index contributed by atoms with van der Waals surface area (Å²) in [4.78, 5) is 4.18. The lowest BCUT2D eigenvalue weighted by Crippen LogP contribution is -2.27. The number of hydrogen-bond acceptors (Lipinski definition) is 5. The zero-order valence-corrected chi connectivity index (χ0v) is 11.9. The van der Waals surface area contributed by atoms with E-state index in [0.29, 0.717) is 10.6 Å². The first kappa shape index (κ1) is 14.1. The van der Waals surface area contributed by atoms with Gasteiger partial charge in [-0.2, -0.15) is 0 Å². The first-order valence-electron chi connectivity index (χ1n) is 5.65. The predicted molar refractivity (Wildman–Crippen MR) is 73.2 cm³/mol. The minimum atomic E-state index is -3.67. The SMILES string of the molecule is CC(NS(=O)(=O)c1ccccc1CO)c1nccs1. The third-order valence-corrected chi connectivity index (χ3v) is 5.19. The van der Waals surface area contributed by atoms with Crippen molar-refractivity contribution in [1.82, 2.24) is 9.71 Å². The second-order valence-corrected chi connectivity index (χ2v) is 6.59. The van der Waals surface area contributed by atoms with Crippen molar-refractivity contribution >= 4 is 21.4 Å². The minimum absolute atomic E-state index is 0.0981. The van der Waals surface area contributed by atoms with E-state index in [1.807, 2.05) is 0 Å². The molecule has 0 aliphatic rings. The molecule has 7 heteroatoms. The van der Waals surface area contributed by atoms with E-state index in [0.717, 1.165) is 0 Å². The van der Waals surface area contributed by atoms with Crippen molar-refractivity contribution in [3.8, 4) is 0 Å². The van der Waals surface area contributed by atoms with Crippen LogP contribution in [-0.2, 0) is 16.6 Å². The topological polar surface area (TPSA) is 79.3 Å². The van der Waals surface area contributed by atoms with Crippen LogP contribution in [0.3, 0.4) is 0 Å². The highest BCUT2D eigenvalue weighted by molar-refractivity contribution is 7.89. The summed E-state index contributed by atoms with van der Waals surface area (Å²) in [6.45, 7) is 1.42. The van der Waals surface area contributed by atoms with Crippen molar-refractivity contribution < 1.29 is 13.5 Å². The number of nitrogens with one attached hydrogen (secondary N) is 1. The molecule has 2 aromatic rings. The number of aromatic nitrogens is 1. The Bertz CT molecular complexity index is 639. The van der Waals surface area contributed by atoms with Gasteiger partial charge < -0.3 is 5.11 Å². The Kier molecular flexibility index (Phi) is 4.31. The van der Waals surface area contributed by atoms with Crippen molar-refractivity contribution in [2.45, 2.75) is 24.5 Å². The number of aliphatic hydroxyl groups excluding tert-OH is 1. The zero-order chi connectivity index (χ0) is 13.9. The highest BCUT2D eigenvalue weighted by Gasteiger charge is 2.21. The molecule has 0 aliphatic carbocycles. The molecule has 2 rings (SSSR count). The molecular weight excluding hydrogens is 284 g/mol. The number of rotatable bonds is 5. The van der Waals surface area contributed by atoms with Crippen LogP contribution in [0.25, 0.3) is 0 Å². The summed E-state index contributed by atoms with van der Waals surface area (Å²) >= 11 is 1.39. The standard InChI is InChI=1S/C12H14N2O3S2/c1-9(12-13-6-7-18-12)14-19(16,17)11-5-3-2-4-10(11)8-15/h2-7,9,14-15H,8H2,1H3. The van der Waals surface area contributed by atoms with Crippen molar-refractivity contribution in [3.05, 3.63) is 46.4 Å². The molecule has 0 amide bonds. The van der Waals surface area contributed by atoms with E-state index in [1.165, 1.54) is 17.4 Å². The highest BCUT2D eigenvalue weighted by atomic mass is 32.2. The quantitative estimate of drug-likeness (QED) is 0.880. The Morgan fingerprint density at radius 2 is 2.16 bits per heavy atom. The van der Waals surface area contributed by atoms with Gasteiger partial charge in [-0.15, -0.1) is 11.3 Å². The van der Waals surface area contributed by atoms with Gasteiger partial charge in [0.2, 0.25) is 10.0 Å². The van der Waals surface area contributed by atoms with Gasteiger partial charge in [0, 0.05) is 11.6 Å². The molecule has 0 spiro atoms. The average Bonchev–Trinajstić information content (AvgIpc) is 2.92. The summed E-state index contributed by atoms with van der Waals surface area (Å²) in [6, 6.07) is 5.97. The third kappa shape index (κ3) is 3.19. The molecule has 0 radical (unpaired) electrons. The number of hydrogen-bond donors (Lipinski definition) is 2. The summed E-state index contributed by atoms with van der Waals surface area (Å²) in [5, 5.41) is 11.7. The Balaban J connectivity index is 2.28. The smallest absolute Gasteiger partial charge is 0.241 e. The van der Waals surface area contributed by atoms with Crippen LogP contribution in [0, 0.1) is 0 Å². The fourth-order valence-electron chi connectivity index (χ4n) is 1.69. The van der Waals surface area contributed by atoms with E-state index in [4.69, 9.17) is 0 Å². The molecule has 19 heavy (non-hydrogen) atoms. The van der Waals surface area contributed by atoms with Gasteiger partial charge in [0.15, 0.2) is 0 Å². The molecule has 5 nitrogen and oxygen atoms in total. The van der Waals surface area contributed by atoms with Gasteiger partial charge in [0.25, 0.3) is 0 Å². The number of thiazole rings is 1. The molecule has 1 atom stereocenters. The molecule has 0 bridgehead atoms. The summed E-state index contributed by atoms with van der Waals surface area (Å²) in [6.07, 6.45) is 1.63. The fourth-order valence-corrected chi connectivity index (χ4v) is 3.85. The largest absolute Gasteiger partial charge is 0.392 e. The van der Waals surface area contributed by atoms with E-state index in [-0.39, 0.29) is 11.5 Å². The van der Waals surface area contributed by atoms with Crippen molar-refractivity contribution in [2.75, 3.05) is 0 Å². The fraction of sp³-hybridized carbons (Fsp3) is 0.250. The van der Waals surface area contributed by atoms with Gasteiger partial charge in [0.1, 0.15) is 5.01 Å². The van der Waals surface area contributed by atoms with Crippen molar-refractivity contribution in [3.63, 3.8) is 0 Å². The van der Waals surface area contributed by atoms with E-state index in [9.17, 15) is 13.5 Å². The lowest BCUT2D eigenvalue weighted by atomic mass is 10.2. The molecule has 102 valence electrons. The summed E-state index contributed by atoms with van der Waals surface area (Å²) < 4.78 is 27.1. The number of aliphatic hydroxyl groups is 1. The summed E-state index contributed by atoms with van der Waals surface area (Å²) in [5.74, 6) is 0. The Labute approximate surface area is 116 Å². The Morgan fingerprint density at radius 1 is 1.42 bits per heavy atom. The van der Waals surface area contributed by atoms with Crippen LogP contribution in [-0.4, -0.2) is 18.5 Å². The molecule has 1 aromatic carbocycles. The zero-order valence-electron chi connectivity index (χ0n) is 10.3. The molecule has 0 saturated heterocycles. The first-order valence-corrected chi connectivity index (χ1v) is 8.01. The summed E-state index contributed by atoms with van der Waals surface area (Å²) in [7, 11) is -3.67. The Morgan fingerprint density at radius 3 is 2.79 bits per heavy atom. The maximum atomic E-state index is 12.3. The van der Waals surface area contributed by atoms with Gasteiger partial charge in [-0.1, -0.05) is 18.2 Å². The van der Waals surface area contributed by atoms with Crippen molar-refractivity contribution in [1.29, 1.82) is 0 Å². The number of sulfonamides is 1. The molecule has 0 saturated carbocycles. The molecule has 0 aliphatic heterocycles. The van der Waals surface area contributed by atoms with Gasteiger partial charge >= 0.3 is 0 Å². The molecule has 1 heterocycles. The molecule has 1 aromatic heterocycles. The normalized spacial score (nSPS) is 13.4. The van der Waals surface area contributed by atoms with Crippen LogP contribution < -0.4 is 4.72 Å². The molecular formula is C12H14N2O3S2. The van der Waals surface area contributed by atoms with Crippen molar-refractivity contribution in [2.24, 2.45) is 0 Å². The second kappa shape index (κ2) is 5.79. The van der Waals surface area contributed by atoms with Gasteiger partial charge in [0.05, 0.1) is 17.5 Å². The number of benzene rings is 1. The van der Waals surface area contributed by atoms with E-state index in [2.05, 4.69) is 9.71 Å². The molecule has 2 N–H and O–H groups in total. The van der Waals surface area contributed by atoms with Gasteiger partial charge in [-0.05, 0) is 18.6 Å². The van der Waals surface area contributed by atoms with Crippen LogP contribution in [0.5, 0.6) is 0 Å². The Hall–Kier alpha value is -1.28. The highest BCUT2D eigenvalue weighted by Crippen LogP contribution is 2.20. The minimum Gasteiger partial charge on any atom is -0.392 e. The van der Waals surface area contributed by atoms with Gasteiger partial charge in [-0.3, -0.25) is 0 Å². The maximum Gasteiger partial charge on any atom is 0.241 e. The maximum absolute atomic E-state index is 12.3. The first-order chi connectivity index (χ1) is 9.04. The average molecular weight is 298 g/mol. The lowest BCUT2D eigenvalue weighted by molar-refractivity contribution is 0.278. The van der Waals surface area contributed by atoms with Gasteiger partial charge in [-0.25, -0.2) is 18.1 Å². The predicted octanol–water partition coefficient (Wildman–Crippen LogP) is 1.67. The van der Waals surface area contributed by atoms with Crippen LogP contribution in [0.1, 0.15) is 23.5 Å². The molecule has 0 fully saturated rings. The van der Waals surface area contributed by atoms with E-state index < -0.39 is 16.1 Å². The van der Waals surface area contributed by atoms with E-state index >= 15 is 0 Å². The second-order valence-electron chi connectivity index (χ2n) is 3.98. The number of nitrogens with zero attached hydrogens (tertiary/aromatic N) is 1. The molecule has 1 unspecified atom stereocenters. The van der Waals surface area contributed by atoms with Crippen LogP contribution in [0.15, 0.2) is 40.7 Å². The van der Waals surface area contributed by atoms with Crippen LogP contribution in [0.4, 0.5) is 0 Å². The lowest BCUT2D eigenvalue weighted by Gasteiger charge is -2.13. The van der Waals surface area contributed by atoms with Crippen LogP contribution >= 0.6 is 11.3 Å². The monoisotopic (exact) mass is 298 g/mol. The summed E-state index contributed by atoms with van der Waals surface area (Å²) in [5.41, 5.74) is 0.376. The van der Waals surface area contributed by atoms with E-state index in [1.54, 1.807) is 36.7 Å². The van der Waals surface area contributed by atoms with Crippen LogP contribution in [0.2, 0.25) is 0 Å². The third-order valence-electron chi connectivity index (χ3n) is 2.59.